The van der Waals surface area contributed by atoms with Gasteiger partial charge in [0.2, 0.25) is 0 Å². The van der Waals surface area contributed by atoms with Crippen molar-refractivity contribution in [2.75, 3.05) is 0 Å². The minimum atomic E-state index is -0.201. The van der Waals surface area contributed by atoms with E-state index in [2.05, 4.69) is 15.0 Å². The molecule has 3 rings (SSSR count). The fourth-order valence-corrected chi connectivity index (χ4v) is 2.01. The monoisotopic (exact) mass is 244 g/mol. The molecule has 0 fully saturated rings. The topological polar surface area (TPSA) is 66.5 Å². The van der Waals surface area contributed by atoms with Gasteiger partial charge in [-0.15, -0.1) is 0 Å². The molecule has 0 aliphatic carbocycles. The maximum atomic E-state index is 12.2. The molecule has 2 aromatic heterocycles. The first kappa shape index (κ1) is 9.98. The third-order valence-electron chi connectivity index (χ3n) is 2.50. The highest BCUT2D eigenvalue weighted by Gasteiger charge is 2.08. The van der Waals surface area contributed by atoms with Gasteiger partial charge in [0.25, 0.3) is 5.56 Å². The van der Waals surface area contributed by atoms with Crippen LogP contribution >= 0.6 is 12.2 Å². The number of aromatic amines is 2. The number of rotatable bonds is 1. The van der Waals surface area contributed by atoms with Crippen LogP contribution in [0, 0.1) is 4.77 Å². The Morgan fingerprint density at radius 3 is 2.76 bits per heavy atom. The molecule has 17 heavy (non-hydrogen) atoms. The molecule has 84 valence electrons. The van der Waals surface area contributed by atoms with E-state index >= 15 is 0 Å². The first-order chi connectivity index (χ1) is 8.27. The summed E-state index contributed by atoms with van der Waals surface area (Å²) in [5, 5.41) is 0. The van der Waals surface area contributed by atoms with E-state index in [9.17, 15) is 4.79 Å². The molecule has 0 spiro atoms. The van der Waals surface area contributed by atoms with Crippen LogP contribution in [-0.2, 0) is 0 Å². The molecule has 0 saturated carbocycles. The van der Waals surface area contributed by atoms with Gasteiger partial charge in [-0.25, -0.2) is 4.98 Å². The summed E-state index contributed by atoms with van der Waals surface area (Å²) in [7, 11) is 0. The molecule has 2 heterocycles. The molecular formula is C11H8N4OS. The lowest BCUT2D eigenvalue weighted by Gasteiger charge is -2.05. The number of hydrogen-bond donors (Lipinski definition) is 2. The summed E-state index contributed by atoms with van der Waals surface area (Å²) in [6, 6.07) is 9.25. The first-order valence-corrected chi connectivity index (χ1v) is 5.42. The van der Waals surface area contributed by atoms with Crippen LogP contribution in [0.3, 0.4) is 0 Å². The lowest BCUT2D eigenvalue weighted by atomic mass is 10.3. The Morgan fingerprint density at radius 2 is 2.00 bits per heavy atom. The second-order valence-corrected chi connectivity index (χ2v) is 3.92. The van der Waals surface area contributed by atoms with E-state index in [4.69, 9.17) is 12.2 Å². The van der Waals surface area contributed by atoms with Crippen LogP contribution < -0.4 is 5.56 Å². The lowest BCUT2D eigenvalue weighted by Crippen LogP contribution is -2.20. The van der Waals surface area contributed by atoms with E-state index in [0.717, 1.165) is 5.69 Å². The highest BCUT2D eigenvalue weighted by molar-refractivity contribution is 7.71. The van der Waals surface area contributed by atoms with E-state index in [1.165, 1.54) is 10.9 Å². The van der Waals surface area contributed by atoms with Crippen molar-refractivity contribution in [3.05, 3.63) is 51.8 Å². The van der Waals surface area contributed by atoms with Crippen LogP contribution in [0.2, 0.25) is 0 Å². The number of nitrogens with zero attached hydrogens (tertiary/aromatic N) is 2. The summed E-state index contributed by atoms with van der Waals surface area (Å²) in [5.41, 5.74) is 1.43. The molecule has 0 saturated heterocycles. The van der Waals surface area contributed by atoms with Gasteiger partial charge in [0, 0.05) is 0 Å². The van der Waals surface area contributed by atoms with Crippen molar-refractivity contribution in [1.82, 2.24) is 19.5 Å². The van der Waals surface area contributed by atoms with Gasteiger partial charge in [0.15, 0.2) is 10.4 Å². The standard InChI is InChI=1S/C11H8N4OS/c16-10-8-9(13-6-12-8)14-11(17)15(10)7-4-2-1-3-5-7/h1-6H,(H,12,13)(H,14,17). The molecule has 2 N–H and O–H groups in total. The molecule has 0 atom stereocenters. The first-order valence-electron chi connectivity index (χ1n) is 5.01. The Bertz CT molecular complexity index is 784. The van der Waals surface area contributed by atoms with Gasteiger partial charge in [-0.05, 0) is 24.4 Å². The van der Waals surface area contributed by atoms with Crippen molar-refractivity contribution in [2.45, 2.75) is 0 Å². The van der Waals surface area contributed by atoms with Crippen LogP contribution in [0.15, 0.2) is 41.5 Å². The van der Waals surface area contributed by atoms with Gasteiger partial charge in [-0.2, -0.15) is 0 Å². The maximum Gasteiger partial charge on any atom is 0.284 e. The van der Waals surface area contributed by atoms with Crippen molar-refractivity contribution >= 4 is 23.4 Å². The zero-order valence-corrected chi connectivity index (χ0v) is 9.49. The predicted octanol–water partition coefficient (Wildman–Crippen LogP) is 1.77. The average molecular weight is 244 g/mol. The van der Waals surface area contributed by atoms with Crippen molar-refractivity contribution < 1.29 is 0 Å². The zero-order valence-electron chi connectivity index (χ0n) is 8.68. The van der Waals surface area contributed by atoms with Crippen molar-refractivity contribution in [1.29, 1.82) is 0 Å². The van der Waals surface area contributed by atoms with Gasteiger partial charge in [-0.1, -0.05) is 18.2 Å². The summed E-state index contributed by atoms with van der Waals surface area (Å²) in [6.07, 6.45) is 1.46. The van der Waals surface area contributed by atoms with Crippen molar-refractivity contribution in [2.24, 2.45) is 0 Å². The Kier molecular flexibility index (Phi) is 2.15. The normalized spacial score (nSPS) is 10.8. The zero-order chi connectivity index (χ0) is 11.8. The second kappa shape index (κ2) is 3.67. The van der Waals surface area contributed by atoms with E-state index in [1.54, 1.807) is 0 Å². The van der Waals surface area contributed by atoms with Gasteiger partial charge < -0.3 is 9.97 Å². The Balaban J connectivity index is 2.45. The number of hydrogen-bond acceptors (Lipinski definition) is 3. The SMILES string of the molecule is O=c1c2[nH]cnc2[nH]c(=S)n1-c1ccccc1. The van der Waals surface area contributed by atoms with Crippen LogP contribution in [-0.4, -0.2) is 19.5 Å². The Hall–Kier alpha value is -2.21. The number of nitrogens with one attached hydrogen (secondary N) is 2. The summed E-state index contributed by atoms with van der Waals surface area (Å²) in [6.45, 7) is 0. The number of imidazole rings is 1. The highest BCUT2D eigenvalue weighted by Crippen LogP contribution is 2.07. The fourth-order valence-electron chi connectivity index (χ4n) is 1.72. The van der Waals surface area contributed by atoms with Crippen LogP contribution in [0.25, 0.3) is 16.9 Å². The average Bonchev–Trinajstić information content (AvgIpc) is 2.78. The summed E-state index contributed by atoms with van der Waals surface area (Å²) < 4.78 is 1.77. The molecule has 6 heteroatoms. The van der Waals surface area contributed by atoms with Crippen LogP contribution in [0.1, 0.15) is 0 Å². The van der Waals surface area contributed by atoms with E-state index < -0.39 is 0 Å². The number of para-hydroxylation sites is 1. The molecule has 0 aliphatic rings. The highest BCUT2D eigenvalue weighted by atomic mass is 32.1. The third kappa shape index (κ3) is 1.50. The molecule has 3 aromatic rings. The largest absolute Gasteiger partial charge is 0.339 e. The van der Waals surface area contributed by atoms with Crippen LogP contribution in [0.4, 0.5) is 0 Å². The molecule has 5 nitrogen and oxygen atoms in total. The van der Waals surface area contributed by atoms with Crippen LogP contribution in [0.5, 0.6) is 0 Å². The maximum absolute atomic E-state index is 12.2. The molecule has 0 radical (unpaired) electrons. The minimum absolute atomic E-state index is 0.201. The molecule has 1 aromatic carbocycles. The van der Waals surface area contributed by atoms with E-state index in [1.807, 2.05) is 30.3 Å². The number of benzene rings is 1. The number of H-pyrrole nitrogens is 2. The quantitative estimate of drug-likeness (QED) is 0.641. The van der Waals surface area contributed by atoms with Gasteiger partial charge in [-0.3, -0.25) is 9.36 Å². The smallest absolute Gasteiger partial charge is 0.284 e. The molecule has 0 aliphatic heterocycles. The molecule has 0 bridgehead atoms. The van der Waals surface area contributed by atoms with E-state index in [0.29, 0.717) is 15.9 Å². The molecule has 0 unspecified atom stereocenters. The lowest BCUT2D eigenvalue weighted by molar-refractivity contribution is 0.934. The summed E-state index contributed by atoms with van der Waals surface area (Å²) in [4.78, 5) is 21.9. The fraction of sp³-hybridized carbons (Fsp3) is 0. The van der Waals surface area contributed by atoms with Gasteiger partial charge >= 0.3 is 0 Å². The van der Waals surface area contributed by atoms with Crippen molar-refractivity contribution in [3.63, 3.8) is 0 Å². The molecular weight excluding hydrogens is 236 g/mol. The Morgan fingerprint density at radius 1 is 1.24 bits per heavy atom. The second-order valence-electron chi connectivity index (χ2n) is 3.53. The van der Waals surface area contributed by atoms with Crippen molar-refractivity contribution in [3.8, 4) is 5.69 Å². The van der Waals surface area contributed by atoms with Gasteiger partial charge in [0.1, 0.15) is 5.52 Å². The van der Waals surface area contributed by atoms with E-state index in [-0.39, 0.29) is 5.56 Å². The molecule has 0 amide bonds. The summed E-state index contributed by atoms with van der Waals surface area (Å²) in [5.74, 6) is 0. The number of aromatic nitrogens is 4. The predicted molar refractivity (Wildman–Crippen MR) is 66.9 cm³/mol. The summed E-state index contributed by atoms with van der Waals surface area (Å²) >= 11 is 5.17. The number of fused-ring (bicyclic) bond motifs is 1. The minimum Gasteiger partial charge on any atom is -0.339 e. The van der Waals surface area contributed by atoms with Gasteiger partial charge in [0.05, 0.1) is 12.0 Å². The third-order valence-corrected chi connectivity index (χ3v) is 2.78. The Labute approximate surface area is 101 Å².